The van der Waals surface area contributed by atoms with Gasteiger partial charge in [-0.2, -0.15) is 0 Å². The van der Waals surface area contributed by atoms with Gasteiger partial charge in [0.05, 0.1) is 5.71 Å². The number of nitrogens with zero attached hydrogens (tertiary/aromatic N) is 1. The molecule has 3 aliphatic carbocycles. The van der Waals surface area contributed by atoms with Gasteiger partial charge in [0.2, 0.25) is 5.91 Å². The average Bonchev–Trinajstić information content (AvgIpc) is 2.87. The van der Waals surface area contributed by atoms with Gasteiger partial charge in [-0.25, -0.2) is 0 Å². The van der Waals surface area contributed by atoms with Crippen molar-refractivity contribution >= 4 is 29.8 Å². The summed E-state index contributed by atoms with van der Waals surface area (Å²) in [5, 5.41) is 7.59. The molecule has 0 bridgehead atoms. The number of ketones is 1. The summed E-state index contributed by atoms with van der Waals surface area (Å²) in [4.78, 5) is 30.7. The van der Waals surface area contributed by atoms with Crippen molar-refractivity contribution in [1.29, 1.82) is 0 Å². The van der Waals surface area contributed by atoms with Crippen LogP contribution in [0.15, 0.2) is 5.16 Å². The first kappa shape index (κ1) is 21.6. The molecule has 1 unspecified atom stereocenters. The summed E-state index contributed by atoms with van der Waals surface area (Å²) >= 11 is 0. The number of hydrogen-bond donors (Lipinski definition) is 2. The largest absolute Gasteiger partial charge is 0.395 e. The van der Waals surface area contributed by atoms with Crippen LogP contribution in [0.2, 0.25) is 0 Å². The zero-order valence-corrected chi connectivity index (χ0v) is 17.9. The van der Waals surface area contributed by atoms with Crippen molar-refractivity contribution in [3.05, 3.63) is 0 Å². The molecule has 6 atom stereocenters. The summed E-state index contributed by atoms with van der Waals surface area (Å²) in [5.74, 6) is 1.76. The van der Waals surface area contributed by atoms with Crippen molar-refractivity contribution in [2.45, 2.75) is 71.3 Å². The third kappa shape index (κ3) is 3.36. The van der Waals surface area contributed by atoms with Gasteiger partial charge in [0.15, 0.2) is 0 Å². The van der Waals surface area contributed by atoms with Gasteiger partial charge in [-0.1, -0.05) is 19.0 Å². The van der Waals surface area contributed by atoms with E-state index in [2.05, 4.69) is 24.3 Å². The average molecular weight is 412 g/mol. The zero-order valence-electron chi connectivity index (χ0n) is 17.0. The molecule has 0 aromatic rings. The Morgan fingerprint density at radius 3 is 2.68 bits per heavy atom. The minimum atomic E-state index is -0.199. The smallest absolute Gasteiger partial charge is 0.220 e. The topological polar surface area (TPSA) is 93.8 Å². The van der Waals surface area contributed by atoms with Crippen LogP contribution in [0.1, 0.15) is 65.2 Å². The Kier molecular flexibility index (Phi) is 6.12. The molecule has 0 spiro atoms. The van der Waals surface area contributed by atoms with Crippen LogP contribution in [-0.4, -0.2) is 36.6 Å². The lowest BCUT2D eigenvalue weighted by Crippen LogP contribution is -2.54. The van der Waals surface area contributed by atoms with Crippen molar-refractivity contribution in [2.24, 2.45) is 39.5 Å². The second-order valence-electron chi connectivity index (χ2n) is 9.61. The van der Waals surface area contributed by atoms with Crippen molar-refractivity contribution in [3.63, 3.8) is 0 Å². The molecule has 4 fully saturated rings. The van der Waals surface area contributed by atoms with E-state index in [9.17, 15) is 9.59 Å². The Labute approximate surface area is 173 Å². The molecular formula is C21H34ClN3O3. The predicted octanol–water partition coefficient (Wildman–Crippen LogP) is 2.83. The first-order valence-corrected chi connectivity index (χ1v) is 10.6. The molecule has 158 valence electrons. The number of hydrogen-bond acceptors (Lipinski definition) is 5. The highest BCUT2D eigenvalue weighted by Crippen LogP contribution is 2.61. The molecule has 0 aromatic heterocycles. The molecule has 28 heavy (non-hydrogen) atoms. The molecule has 3 saturated carbocycles. The van der Waals surface area contributed by atoms with Crippen LogP contribution in [0.3, 0.4) is 0 Å². The molecule has 0 radical (unpaired) electrons. The molecule has 6 nitrogen and oxygen atoms in total. The summed E-state index contributed by atoms with van der Waals surface area (Å²) < 4.78 is 0. The van der Waals surface area contributed by atoms with Crippen LogP contribution in [0.5, 0.6) is 0 Å². The van der Waals surface area contributed by atoms with E-state index in [4.69, 9.17) is 10.6 Å². The number of amides is 1. The molecule has 3 N–H and O–H groups in total. The molecule has 1 saturated heterocycles. The SMILES string of the molecule is C[C@]12CC/C(=N\OCCN)CC1NC(=O)C[C@@H]1[C@@H]2CC[C@]2(C)C(=O)CC[C@@H]12.Cl. The van der Waals surface area contributed by atoms with E-state index in [0.717, 1.165) is 44.2 Å². The van der Waals surface area contributed by atoms with Gasteiger partial charge in [0.1, 0.15) is 12.4 Å². The van der Waals surface area contributed by atoms with Crippen LogP contribution in [0, 0.1) is 28.6 Å². The van der Waals surface area contributed by atoms with E-state index in [1.807, 2.05) is 0 Å². The van der Waals surface area contributed by atoms with E-state index < -0.39 is 0 Å². The summed E-state index contributed by atoms with van der Waals surface area (Å²) in [6.45, 7) is 5.40. The Morgan fingerprint density at radius 1 is 1.14 bits per heavy atom. The van der Waals surface area contributed by atoms with Crippen molar-refractivity contribution in [1.82, 2.24) is 5.32 Å². The van der Waals surface area contributed by atoms with E-state index >= 15 is 0 Å². The van der Waals surface area contributed by atoms with Crippen LogP contribution in [0.4, 0.5) is 0 Å². The molecular weight excluding hydrogens is 378 g/mol. The van der Waals surface area contributed by atoms with Crippen molar-refractivity contribution in [3.8, 4) is 0 Å². The quantitative estimate of drug-likeness (QED) is 0.551. The summed E-state index contributed by atoms with van der Waals surface area (Å²) in [6.07, 6.45) is 6.96. The van der Waals surface area contributed by atoms with Crippen LogP contribution in [-0.2, 0) is 14.4 Å². The Balaban J connectivity index is 0.00000225. The van der Waals surface area contributed by atoms with E-state index in [0.29, 0.717) is 49.5 Å². The number of Topliss-reactive ketones (excluding diaryl/α,β-unsaturated/α-hetero) is 1. The Bertz CT molecular complexity index is 669. The molecule has 1 amide bonds. The third-order valence-corrected chi connectivity index (χ3v) is 8.34. The van der Waals surface area contributed by atoms with Gasteiger partial charge in [0.25, 0.3) is 0 Å². The van der Waals surface area contributed by atoms with Gasteiger partial charge in [-0.15, -0.1) is 12.4 Å². The first-order valence-electron chi connectivity index (χ1n) is 10.6. The highest BCUT2D eigenvalue weighted by molar-refractivity contribution is 5.88. The number of carbonyl (C=O) groups excluding carboxylic acids is 2. The maximum atomic E-state index is 12.8. The lowest BCUT2D eigenvalue weighted by atomic mass is 9.51. The zero-order chi connectivity index (χ0) is 19.2. The highest BCUT2D eigenvalue weighted by atomic mass is 35.5. The fourth-order valence-electron chi connectivity index (χ4n) is 6.72. The fourth-order valence-corrected chi connectivity index (χ4v) is 6.72. The Morgan fingerprint density at radius 2 is 1.93 bits per heavy atom. The Hall–Kier alpha value is -1.14. The minimum Gasteiger partial charge on any atom is -0.395 e. The molecule has 7 heteroatoms. The maximum absolute atomic E-state index is 12.8. The molecule has 4 rings (SSSR count). The van der Waals surface area contributed by atoms with Gasteiger partial charge in [0, 0.05) is 37.3 Å². The number of nitrogens with two attached hydrogens (primary N) is 1. The number of halogens is 1. The summed E-state index contributed by atoms with van der Waals surface area (Å²) in [5.41, 5.74) is 6.37. The van der Waals surface area contributed by atoms with Crippen LogP contribution >= 0.6 is 12.4 Å². The number of oxime groups is 1. The molecule has 0 aromatic carbocycles. The van der Waals surface area contributed by atoms with Gasteiger partial charge >= 0.3 is 0 Å². The number of nitrogens with one attached hydrogen (secondary N) is 1. The molecule has 1 aliphatic heterocycles. The van der Waals surface area contributed by atoms with E-state index in [-0.39, 0.29) is 35.2 Å². The second-order valence-corrected chi connectivity index (χ2v) is 9.61. The molecule has 4 aliphatic rings. The van der Waals surface area contributed by atoms with Crippen molar-refractivity contribution in [2.75, 3.05) is 13.2 Å². The lowest BCUT2D eigenvalue weighted by molar-refractivity contribution is -0.133. The molecule has 1 heterocycles. The normalized spacial score (nSPS) is 43.9. The number of fused-ring (bicyclic) bond motifs is 5. The monoisotopic (exact) mass is 411 g/mol. The first-order chi connectivity index (χ1) is 12.9. The highest BCUT2D eigenvalue weighted by Gasteiger charge is 2.60. The number of carbonyl (C=O) groups is 2. The predicted molar refractivity (Wildman–Crippen MR) is 110 cm³/mol. The standard InChI is InChI=1S/C21H33N3O3.ClH/c1-20-7-5-13(24-27-10-9-22)11-17(20)23-19(26)12-14-15-3-4-18(25)21(15,2)8-6-16(14)20;/h14-17H,3-12,22H2,1-2H3,(H,23,26);1H/b24-13+;/t14-,15-,16-,17?,20+,21-;/m0./s1. The fraction of sp³-hybridized carbons (Fsp3) is 0.857. The van der Waals surface area contributed by atoms with E-state index in [1.54, 1.807) is 0 Å². The number of rotatable bonds is 3. The maximum Gasteiger partial charge on any atom is 0.220 e. The summed E-state index contributed by atoms with van der Waals surface area (Å²) in [7, 11) is 0. The van der Waals surface area contributed by atoms with Gasteiger partial charge in [-0.3, -0.25) is 9.59 Å². The van der Waals surface area contributed by atoms with Crippen LogP contribution < -0.4 is 11.1 Å². The van der Waals surface area contributed by atoms with Gasteiger partial charge in [-0.05, 0) is 55.3 Å². The van der Waals surface area contributed by atoms with Gasteiger partial charge < -0.3 is 15.9 Å². The van der Waals surface area contributed by atoms with Crippen LogP contribution in [0.25, 0.3) is 0 Å². The van der Waals surface area contributed by atoms with Crippen molar-refractivity contribution < 1.29 is 14.4 Å². The minimum absolute atomic E-state index is 0. The second kappa shape index (κ2) is 7.94. The third-order valence-electron chi connectivity index (χ3n) is 8.34. The van der Waals surface area contributed by atoms with E-state index in [1.165, 1.54) is 0 Å². The lowest BCUT2D eigenvalue weighted by Gasteiger charge is -2.53. The summed E-state index contributed by atoms with van der Waals surface area (Å²) in [6, 6.07) is 0.107.